The van der Waals surface area contributed by atoms with Crippen LogP contribution in [0, 0.1) is 0 Å². The minimum absolute atomic E-state index is 0.874. The molecular weight excluding hydrogens is 645 g/mol. The number of benzene rings is 7. The lowest BCUT2D eigenvalue weighted by atomic mass is 9.99. The Balaban J connectivity index is 1.15. The number of hydrogen-bond acceptors (Lipinski definition) is 3. The van der Waals surface area contributed by atoms with Crippen molar-refractivity contribution in [2.75, 3.05) is 0 Å². The molecule has 0 saturated heterocycles. The molecule has 0 aliphatic heterocycles. The van der Waals surface area contributed by atoms with Crippen LogP contribution >= 0.6 is 24.0 Å². The van der Waals surface area contributed by atoms with E-state index in [0.29, 0.717) is 0 Å². The summed E-state index contributed by atoms with van der Waals surface area (Å²) in [6, 6.07) is 58.3. The van der Waals surface area contributed by atoms with Crippen molar-refractivity contribution in [1.29, 1.82) is 0 Å². The van der Waals surface area contributed by atoms with Crippen LogP contribution in [0.3, 0.4) is 0 Å². The van der Waals surface area contributed by atoms with Crippen molar-refractivity contribution in [1.82, 2.24) is 4.57 Å². The number of fused-ring (bicyclic) bond motifs is 6. The first kappa shape index (κ1) is 30.4. The fourth-order valence-corrected chi connectivity index (χ4v) is 8.35. The first-order chi connectivity index (χ1) is 24.6. The quantitative estimate of drug-likeness (QED) is 0.103. The van der Waals surface area contributed by atoms with Gasteiger partial charge in [0.05, 0.1) is 16.7 Å². The normalized spacial score (nSPS) is 12.4. The highest BCUT2D eigenvalue weighted by Gasteiger charge is 2.14. The van der Waals surface area contributed by atoms with Gasteiger partial charge in [-0.2, -0.15) is 0 Å². The average Bonchev–Trinajstić information content (AvgIpc) is 3.71. The maximum Gasteiger partial charge on any atom is 0.0722 e. The van der Waals surface area contributed by atoms with Crippen LogP contribution in [0.2, 0.25) is 0 Å². The second-order valence-corrected chi connectivity index (χ2v) is 14.2. The summed E-state index contributed by atoms with van der Waals surface area (Å²) in [6.45, 7) is 2.08. The standard InChI is InChI=1S/C46H32N2S2/c1-30(32-11-3-2-4-12-32)47-41(28-31-19-26-46-39(27-31)38-15-7-10-18-45(38)50-46)40-29-34(22-25-44(40)49)33-20-23-35(24-21-33)48-42-16-8-5-13-36(42)37-14-6-9-17-43(37)48/h2-29,49H,1H3/b41-28-,47-30?. The third-order valence-electron chi connectivity index (χ3n) is 9.50. The molecule has 2 heterocycles. The van der Waals surface area contributed by atoms with Gasteiger partial charge in [-0.3, -0.25) is 4.99 Å². The van der Waals surface area contributed by atoms with E-state index < -0.39 is 0 Å². The Morgan fingerprint density at radius 3 is 1.94 bits per heavy atom. The molecular formula is C46H32N2S2. The third kappa shape index (κ3) is 5.43. The van der Waals surface area contributed by atoms with E-state index in [1.807, 2.05) is 17.4 Å². The van der Waals surface area contributed by atoms with Gasteiger partial charge in [-0.15, -0.1) is 24.0 Å². The number of hydrogen-bond donors (Lipinski definition) is 1. The van der Waals surface area contributed by atoms with Crippen LogP contribution in [-0.4, -0.2) is 10.3 Å². The number of thiol groups is 1. The summed E-state index contributed by atoms with van der Waals surface area (Å²) in [4.78, 5) is 6.15. The van der Waals surface area contributed by atoms with Gasteiger partial charge in [0.25, 0.3) is 0 Å². The fourth-order valence-electron chi connectivity index (χ4n) is 7.01. The summed E-state index contributed by atoms with van der Waals surface area (Å²) < 4.78 is 4.94. The zero-order valence-corrected chi connectivity index (χ0v) is 29.1. The van der Waals surface area contributed by atoms with Crippen molar-refractivity contribution < 1.29 is 0 Å². The minimum Gasteiger partial charge on any atom is -0.309 e. The second kappa shape index (κ2) is 12.6. The first-order valence-corrected chi connectivity index (χ1v) is 18.0. The summed E-state index contributed by atoms with van der Waals surface area (Å²) >= 11 is 6.82. The molecule has 0 N–H and O–H groups in total. The lowest BCUT2D eigenvalue weighted by Crippen LogP contribution is -1.96. The van der Waals surface area contributed by atoms with Crippen molar-refractivity contribution in [2.24, 2.45) is 4.99 Å². The molecule has 0 spiro atoms. The molecule has 50 heavy (non-hydrogen) atoms. The second-order valence-electron chi connectivity index (χ2n) is 12.6. The number of nitrogens with zero attached hydrogens (tertiary/aromatic N) is 2. The molecule has 0 aliphatic rings. The Morgan fingerprint density at radius 1 is 0.580 bits per heavy atom. The smallest absolute Gasteiger partial charge is 0.0722 e. The number of aromatic nitrogens is 1. The molecule has 0 unspecified atom stereocenters. The van der Waals surface area contributed by atoms with E-state index in [1.165, 1.54) is 42.0 Å². The van der Waals surface area contributed by atoms with E-state index in [2.05, 4.69) is 175 Å². The number of aliphatic imine (C=N–C) groups is 1. The van der Waals surface area contributed by atoms with Crippen LogP contribution in [-0.2, 0) is 0 Å². The van der Waals surface area contributed by atoms with Gasteiger partial charge in [0.15, 0.2) is 0 Å². The van der Waals surface area contributed by atoms with E-state index in [-0.39, 0.29) is 0 Å². The Bertz CT molecular complexity index is 2710. The Morgan fingerprint density at radius 2 is 1.20 bits per heavy atom. The van der Waals surface area contributed by atoms with E-state index in [0.717, 1.165) is 49.8 Å². The molecule has 9 aromatic rings. The van der Waals surface area contributed by atoms with E-state index in [4.69, 9.17) is 17.6 Å². The molecule has 2 nitrogen and oxygen atoms in total. The first-order valence-electron chi connectivity index (χ1n) is 16.8. The summed E-state index contributed by atoms with van der Waals surface area (Å²) in [5, 5.41) is 5.08. The van der Waals surface area contributed by atoms with Gasteiger partial charge in [0.1, 0.15) is 0 Å². The van der Waals surface area contributed by atoms with Crippen LogP contribution in [0.5, 0.6) is 0 Å². The lowest BCUT2D eigenvalue weighted by molar-refractivity contribution is 1.18. The highest BCUT2D eigenvalue weighted by Crippen LogP contribution is 2.37. The molecule has 7 aromatic carbocycles. The maximum absolute atomic E-state index is 5.27. The highest BCUT2D eigenvalue weighted by atomic mass is 32.1. The Labute approximate surface area is 300 Å². The largest absolute Gasteiger partial charge is 0.309 e. The number of para-hydroxylation sites is 2. The monoisotopic (exact) mass is 676 g/mol. The van der Waals surface area contributed by atoms with Gasteiger partial charge in [-0.25, -0.2) is 0 Å². The van der Waals surface area contributed by atoms with Gasteiger partial charge < -0.3 is 4.57 Å². The number of thiophene rings is 1. The van der Waals surface area contributed by atoms with Crippen LogP contribution in [0.15, 0.2) is 174 Å². The summed E-state index contributed by atoms with van der Waals surface area (Å²) in [5.41, 5.74) is 10.8. The molecule has 0 saturated carbocycles. The van der Waals surface area contributed by atoms with Crippen LogP contribution in [0.25, 0.3) is 70.6 Å². The summed E-state index contributed by atoms with van der Waals surface area (Å²) in [5.74, 6) is 0. The summed E-state index contributed by atoms with van der Waals surface area (Å²) in [7, 11) is 0. The zero-order valence-electron chi connectivity index (χ0n) is 27.4. The molecule has 0 fully saturated rings. The van der Waals surface area contributed by atoms with Gasteiger partial charge in [0, 0.05) is 52.8 Å². The van der Waals surface area contributed by atoms with Crippen molar-refractivity contribution in [3.8, 4) is 16.8 Å². The van der Waals surface area contributed by atoms with Crippen molar-refractivity contribution >= 4 is 83.4 Å². The predicted octanol–water partition coefficient (Wildman–Crippen LogP) is 13.1. The Hall–Kier alpha value is -5.68. The lowest BCUT2D eigenvalue weighted by Gasteiger charge is -2.13. The molecule has 238 valence electrons. The maximum atomic E-state index is 5.27. The zero-order chi connectivity index (χ0) is 33.6. The molecule has 0 amide bonds. The van der Waals surface area contributed by atoms with Gasteiger partial charge in [0.2, 0.25) is 0 Å². The van der Waals surface area contributed by atoms with Crippen molar-refractivity contribution in [3.63, 3.8) is 0 Å². The van der Waals surface area contributed by atoms with Gasteiger partial charge in [-0.1, -0.05) is 109 Å². The minimum atomic E-state index is 0.874. The molecule has 0 bridgehead atoms. The third-order valence-corrected chi connectivity index (χ3v) is 11.0. The van der Waals surface area contributed by atoms with Crippen LogP contribution < -0.4 is 0 Å². The molecule has 0 aliphatic carbocycles. The van der Waals surface area contributed by atoms with Crippen molar-refractivity contribution in [3.05, 3.63) is 180 Å². The van der Waals surface area contributed by atoms with E-state index >= 15 is 0 Å². The topological polar surface area (TPSA) is 17.3 Å². The highest BCUT2D eigenvalue weighted by molar-refractivity contribution is 7.80. The average molecular weight is 677 g/mol. The molecule has 0 radical (unpaired) electrons. The molecule has 9 rings (SSSR count). The van der Waals surface area contributed by atoms with Gasteiger partial charge in [-0.05, 0) is 89.9 Å². The SMILES string of the molecule is CC(=N/C(=C\c1ccc2sc3ccccc3c2c1)c1cc(-c2ccc(-n3c4ccccc4c4ccccc43)cc2)ccc1S)c1ccccc1. The van der Waals surface area contributed by atoms with E-state index in [1.54, 1.807) is 0 Å². The number of rotatable bonds is 6. The van der Waals surface area contributed by atoms with Crippen molar-refractivity contribution in [2.45, 2.75) is 11.8 Å². The Kier molecular flexibility index (Phi) is 7.69. The summed E-state index contributed by atoms with van der Waals surface area (Å²) in [6.07, 6.45) is 2.20. The molecule has 4 heteroatoms. The van der Waals surface area contributed by atoms with Crippen LogP contribution in [0.4, 0.5) is 0 Å². The molecule has 0 atom stereocenters. The van der Waals surface area contributed by atoms with Crippen LogP contribution in [0.1, 0.15) is 23.6 Å². The molecule has 2 aromatic heterocycles. The fraction of sp³-hybridized carbons (Fsp3) is 0.0217. The predicted molar refractivity (Wildman–Crippen MR) is 219 cm³/mol. The van der Waals surface area contributed by atoms with E-state index in [9.17, 15) is 0 Å². The van der Waals surface area contributed by atoms with Gasteiger partial charge >= 0.3 is 0 Å².